The van der Waals surface area contributed by atoms with E-state index in [-0.39, 0.29) is 5.82 Å². The van der Waals surface area contributed by atoms with E-state index in [1.54, 1.807) is 6.07 Å². The van der Waals surface area contributed by atoms with Crippen LogP contribution >= 0.6 is 0 Å². The molecule has 1 aliphatic rings. The van der Waals surface area contributed by atoms with Crippen molar-refractivity contribution in [2.75, 3.05) is 11.9 Å². The molecule has 1 N–H and O–H groups in total. The number of halogens is 1. The fraction of sp³-hybridized carbons (Fsp3) is 0.667. The van der Waals surface area contributed by atoms with Crippen molar-refractivity contribution in [3.05, 3.63) is 23.6 Å². The minimum Gasteiger partial charge on any atom is -0.357 e. The van der Waals surface area contributed by atoms with Crippen LogP contribution in [0.2, 0.25) is 0 Å². The number of pyridine rings is 1. The lowest BCUT2D eigenvalue weighted by Gasteiger charge is -2.27. The fourth-order valence-electron chi connectivity index (χ4n) is 2.28. The first kappa shape index (κ1) is 14.3. The van der Waals surface area contributed by atoms with Gasteiger partial charge in [-0.3, -0.25) is 0 Å². The SMILES string of the molecule is CCCC(C)N(C)c1ncc(F)cc1CNC1CC1. The van der Waals surface area contributed by atoms with Crippen molar-refractivity contribution in [1.82, 2.24) is 10.3 Å². The summed E-state index contributed by atoms with van der Waals surface area (Å²) in [7, 11) is 2.04. The molecular formula is C15H24FN3. The van der Waals surface area contributed by atoms with Crippen LogP contribution in [0.4, 0.5) is 10.2 Å². The quantitative estimate of drug-likeness (QED) is 0.821. The van der Waals surface area contributed by atoms with Crippen molar-refractivity contribution in [1.29, 1.82) is 0 Å². The van der Waals surface area contributed by atoms with Crippen molar-refractivity contribution in [2.45, 2.75) is 58.2 Å². The number of hydrogen-bond acceptors (Lipinski definition) is 3. The van der Waals surface area contributed by atoms with Crippen molar-refractivity contribution >= 4 is 5.82 Å². The summed E-state index contributed by atoms with van der Waals surface area (Å²) in [6.45, 7) is 5.07. The van der Waals surface area contributed by atoms with Crippen LogP contribution in [-0.2, 0) is 6.54 Å². The van der Waals surface area contributed by atoms with Crippen molar-refractivity contribution in [3.63, 3.8) is 0 Å². The molecule has 0 spiro atoms. The Kier molecular flexibility index (Phi) is 4.75. The van der Waals surface area contributed by atoms with Gasteiger partial charge in [-0.15, -0.1) is 0 Å². The number of nitrogens with one attached hydrogen (secondary N) is 1. The van der Waals surface area contributed by atoms with Gasteiger partial charge in [0.2, 0.25) is 0 Å². The summed E-state index contributed by atoms with van der Waals surface area (Å²) in [6, 6.07) is 2.64. The lowest BCUT2D eigenvalue weighted by atomic mass is 10.1. The third kappa shape index (κ3) is 3.90. The summed E-state index contributed by atoms with van der Waals surface area (Å²) in [4.78, 5) is 6.45. The average Bonchev–Trinajstić information content (AvgIpc) is 3.20. The lowest BCUT2D eigenvalue weighted by Crippen LogP contribution is -2.31. The first-order valence-corrected chi connectivity index (χ1v) is 7.22. The van der Waals surface area contributed by atoms with Gasteiger partial charge in [0.1, 0.15) is 11.6 Å². The van der Waals surface area contributed by atoms with Gasteiger partial charge in [0.15, 0.2) is 0 Å². The topological polar surface area (TPSA) is 28.2 Å². The Morgan fingerprint density at radius 1 is 1.53 bits per heavy atom. The monoisotopic (exact) mass is 265 g/mol. The maximum atomic E-state index is 13.4. The third-order valence-electron chi connectivity index (χ3n) is 3.77. The molecule has 19 heavy (non-hydrogen) atoms. The summed E-state index contributed by atoms with van der Waals surface area (Å²) < 4.78 is 13.4. The maximum Gasteiger partial charge on any atom is 0.141 e. The van der Waals surface area contributed by atoms with E-state index < -0.39 is 0 Å². The van der Waals surface area contributed by atoms with E-state index in [0.29, 0.717) is 18.6 Å². The molecule has 1 fully saturated rings. The number of hydrogen-bond donors (Lipinski definition) is 1. The molecule has 0 radical (unpaired) electrons. The molecule has 106 valence electrons. The normalized spacial score (nSPS) is 16.4. The van der Waals surface area contributed by atoms with Crippen LogP contribution in [0, 0.1) is 5.82 Å². The molecule has 1 aliphatic carbocycles. The fourth-order valence-corrected chi connectivity index (χ4v) is 2.28. The zero-order valence-electron chi connectivity index (χ0n) is 12.1. The van der Waals surface area contributed by atoms with Crippen LogP contribution in [0.3, 0.4) is 0 Å². The Bertz CT molecular complexity index is 418. The molecule has 2 rings (SSSR count). The lowest BCUT2D eigenvalue weighted by molar-refractivity contribution is 0.590. The number of nitrogens with zero attached hydrogens (tertiary/aromatic N) is 2. The number of anilines is 1. The van der Waals surface area contributed by atoms with Gasteiger partial charge < -0.3 is 10.2 Å². The Balaban J connectivity index is 2.11. The van der Waals surface area contributed by atoms with Gasteiger partial charge >= 0.3 is 0 Å². The van der Waals surface area contributed by atoms with E-state index in [9.17, 15) is 4.39 Å². The van der Waals surface area contributed by atoms with Gasteiger partial charge in [0.05, 0.1) is 6.20 Å². The first-order valence-electron chi connectivity index (χ1n) is 7.22. The zero-order valence-corrected chi connectivity index (χ0v) is 12.1. The van der Waals surface area contributed by atoms with E-state index in [2.05, 4.69) is 29.0 Å². The van der Waals surface area contributed by atoms with Crippen LogP contribution < -0.4 is 10.2 Å². The predicted molar refractivity (Wildman–Crippen MR) is 76.8 cm³/mol. The molecule has 1 atom stereocenters. The van der Waals surface area contributed by atoms with Gasteiger partial charge in [-0.05, 0) is 32.3 Å². The molecule has 1 saturated carbocycles. The van der Waals surface area contributed by atoms with E-state index >= 15 is 0 Å². The third-order valence-corrected chi connectivity index (χ3v) is 3.77. The summed E-state index contributed by atoms with van der Waals surface area (Å²) in [5.41, 5.74) is 0.956. The average molecular weight is 265 g/mol. The first-order chi connectivity index (χ1) is 9.11. The van der Waals surface area contributed by atoms with Gasteiger partial charge in [-0.1, -0.05) is 13.3 Å². The molecule has 0 saturated heterocycles. The summed E-state index contributed by atoms with van der Waals surface area (Å²) in [5, 5.41) is 3.43. The smallest absolute Gasteiger partial charge is 0.141 e. The Morgan fingerprint density at radius 3 is 2.89 bits per heavy atom. The number of rotatable bonds is 7. The standard InChI is InChI=1S/C15H24FN3/c1-4-5-11(2)19(3)15-12(8-13(16)10-18-15)9-17-14-6-7-14/h8,10-11,14,17H,4-7,9H2,1-3H3. The summed E-state index contributed by atoms with van der Waals surface area (Å²) in [6.07, 6.45) is 6.04. The highest BCUT2D eigenvalue weighted by atomic mass is 19.1. The highest BCUT2D eigenvalue weighted by Gasteiger charge is 2.22. The van der Waals surface area contributed by atoms with Gasteiger partial charge in [0.25, 0.3) is 0 Å². The highest BCUT2D eigenvalue weighted by Crippen LogP contribution is 2.23. The minimum atomic E-state index is -0.257. The Labute approximate surface area is 115 Å². The van der Waals surface area contributed by atoms with Gasteiger partial charge in [0, 0.05) is 31.2 Å². The minimum absolute atomic E-state index is 0.257. The van der Waals surface area contributed by atoms with Crippen molar-refractivity contribution < 1.29 is 4.39 Å². The van der Waals surface area contributed by atoms with E-state index in [0.717, 1.165) is 24.2 Å². The van der Waals surface area contributed by atoms with Crippen LogP contribution in [0.1, 0.15) is 45.1 Å². The van der Waals surface area contributed by atoms with Crippen molar-refractivity contribution in [3.8, 4) is 0 Å². The Hall–Kier alpha value is -1.16. The molecule has 0 aliphatic heterocycles. The largest absolute Gasteiger partial charge is 0.357 e. The molecule has 0 aromatic carbocycles. The molecule has 0 amide bonds. The summed E-state index contributed by atoms with van der Waals surface area (Å²) >= 11 is 0. The van der Waals surface area contributed by atoms with E-state index in [1.165, 1.54) is 19.0 Å². The molecule has 1 heterocycles. The molecular weight excluding hydrogens is 241 g/mol. The van der Waals surface area contributed by atoms with E-state index in [4.69, 9.17) is 0 Å². The van der Waals surface area contributed by atoms with E-state index in [1.807, 2.05) is 7.05 Å². The molecule has 1 unspecified atom stereocenters. The highest BCUT2D eigenvalue weighted by molar-refractivity contribution is 5.47. The maximum absolute atomic E-state index is 13.4. The van der Waals surface area contributed by atoms with Crippen LogP contribution in [0.25, 0.3) is 0 Å². The molecule has 1 aromatic heterocycles. The predicted octanol–water partition coefficient (Wildman–Crippen LogP) is 3.10. The van der Waals surface area contributed by atoms with Crippen LogP contribution in [-0.4, -0.2) is 24.1 Å². The van der Waals surface area contributed by atoms with Gasteiger partial charge in [-0.25, -0.2) is 9.37 Å². The second-order valence-electron chi connectivity index (χ2n) is 5.54. The molecule has 0 bridgehead atoms. The summed E-state index contributed by atoms with van der Waals surface area (Å²) in [5.74, 6) is 0.642. The van der Waals surface area contributed by atoms with Gasteiger partial charge in [-0.2, -0.15) is 0 Å². The van der Waals surface area contributed by atoms with Crippen molar-refractivity contribution in [2.24, 2.45) is 0 Å². The van der Waals surface area contributed by atoms with Crippen LogP contribution in [0.15, 0.2) is 12.3 Å². The number of aromatic nitrogens is 1. The molecule has 1 aromatic rings. The molecule has 4 heteroatoms. The second kappa shape index (κ2) is 6.33. The second-order valence-corrected chi connectivity index (χ2v) is 5.54. The Morgan fingerprint density at radius 2 is 2.26 bits per heavy atom. The zero-order chi connectivity index (χ0) is 13.8. The van der Waals surface area contributed by atoms with Crippen LogP contribution in [0.5, 0.6) is 0 Å². The molecule has 3 nitrogen and oxygen atoms in total.